The van der Waals surface area contributed by atoms with Crippen molar-refractivity contribution < 1.29 is 26.4 Å². The molecule has 0 unspecified atom stereocenters. The maximum Gasteiger partial charge on any atom is 0.511 e. The summed E-state index contributed by atoms with van der Waals surface area (Å²) >= 11 is 0. The molecule has 4 nitrogen and oxygen atoms in total. The van der Waals surface area contributed by atoms with Gasteiger partial charge in [-0.15, -0.1) is 0 Å². The smallest absolute Gasteiger partial charge is 0.299 e. The summed E-state index contributed by atoms with van der Waals surface area (Å²) in [5, 5.41) is 0. The lowest BCUT2D eigenvalue weighted by Crippen LogP contribution is -2.51. The number of rotatable bonds is 3. The second-order valence-corrected chi connectivity index (χ2v) is 7.25. The fourth-order valence-corrected chi connectivity index (χ4v) is 2.59. The Hall–Kier alpha value is -0.630. The van der Waals surface area contributed by atoms with E-state index >= 15 is 0 Å². The third kappa shape index (κ3) is 3.23. The molecule has 8 heteroatoms. The summed E-state index contributed by atoms with van der Waals surface area (Å²) in [5.41, 5.74) is -5.86. The van der Waals surface area contributed by atoms with Crippen LogP contribution in [0.15, 0.2) is 0 Å². The Labute approximate surface area is 104 Å². The molecular formula is C10H16F3NO3S. The zero-order valence-corrected chi connectivity index (χ0v) is 11.2. The Bertz CT molecular complexity index is 430. The first-order chi connectivity index (χ1) is 7.84. The molecule has 1 fully saturated rings. The van der Waals surface area contributed by atoms with Gasteiger partial charge in [0.2, 0.25) is 0 Å². The fourth-order valence-electron chi connectivity index (χ4n) is 1.83. The number of ketones is 1. The lowest BCUT2D eigenvalue weighted by molar-refractivity contribution is -0.133. The van der Waals surface area contributed by atoms with E-state index in [4.69, 9.17) is 0 Å². The minimum Gasteiger partial charge on any atom is -0.299 e. The molecule has 0 saturated heterocycles. The number of hydrogen-bond donors (Lipinski definition) is 1. The zero-order valence-electron chi connectivity index (χ0n) is 10.3. The predicted octanol–water partition coefficient (Wildman–Crippen LogP) is 1.82. The Morgan fingerprint density at radius 1 is 1.17 bits per heavy atom. The van der Waals surface area contributed by atoms with E-state index in [1.807, 2.05) is 0 Å². The molecule has 1 N–H and O–H groups in total. The Morgan fingerprint density at radius 3 is 1.94 bits per heavy atom. The second kappa shape index (κ2) is 4.48. The van der Waals surface area contributed by atoms with Crippen LogP contribution in [-0.2, 0) is 14.8 Å². The van der Waals surface area contributed by atoms with Crippen LogP contribution in [0.1, 0.15) is 33.6 Å². The van der Waals surface area contributed by atoms with Gasteiger partial charge in [0.1, 0.15) is 5.78 Å². The van der Waals surface area contributed by atoms with E-state index in [0.29, 0.717) is 0 Å². The number of hydrogen-bond acceptors (Lipinski definition) is 3. The first kappa shape index (κ1) is 15.4. The van der Waals surface area contributed by atoms with Crippen molar-refractivity contribution in [2.24, 2.45) is 11.3 Å². The maximum absolute atomic E-state index is 12.1. The molecule has 0 atom stereocenters. The topological polar surface area (TPSA) is 63.2 Å². The van der Waals surface area contributed by atoms with Crippen molar-refractivity contribution in [3.63, 3.8) is 0 Å². The normalized spacial score (nSPS) is 25.7. The molecular weight excluding hydrogens is 271 g/mol. The van der Waals surface area contributed by atoms with Crippen molar-refractivity contribution in [2.45, 2.75) is 45.2 Å². The molecule has 1 aliphatic carbocycles. The van der Waals surface area contributed by atoms with Crippen molar-refractivity contribution in [3.8, 4) is 0 Å². The first-order valence-corrected chi connectivity index (χ1v) is 6.96. The minimum atomic E-state index is -5.30. The van der Waals surface area contributed by atoms with Crippen LogP contribution < -0.4 is 4.72 Å². The fraction of sp³-hybridized carbons (Fsp3) is 0.900. The standard InChI is InChI=1S/C10H16F3NO3S/c1-9(2,3)8(15)6-4-7(5-6)14-18(16,17)10(11,12)13/h6-7,14H,4-5H2,1-3H3. The predicted molar refractivity (Wildman–Crippen MR) is 59.1 cm³/mol. The van der Waals surface area contributed by atoms with Gasteiger partial charge in [-0.3, -0.25) is 4.79 Å². The highest BCUT2D eigenvalue weighted by Crippen LogP contribution is 2.35. The van der Waals surface area contributed by atoms with E-state index in [1.54, 1.807) is 25.5 Å². The summed E-state index contributed by atoms with van der Waals surface area (Å²) in [4.78, 5) is 11.8. The van der Waals surface area contributed by atoms with Crippen molar-refractivity contribution in [3.05, 3.63) is 0 Å². The SMILES string of the molecule is CC(C)(C)C(=O)C1CC(NS(=O)(=O)C(F)(F)F)C1. The van der Waals surface area contributed by atoms with Gasteiger partial charge in [-0.05, 0) is 12.8 Å². The van der Waals surface area contributed by atoms with Gasteiger partial charge in [0.25, 0.3) is 0 Å². The van der Waals surface area contributed by atoms with Crippen molar-refractivity contribution >= 4 is 15.8 Å². The molecule has 0 aromatic heterocycles. The molecule has 0 aromatic carbocycles. The highest BCUT2D eigenvalue weighted by Gasteiger charge is 2.49. The number of alkyl halides is 3. The average molecular weight is 287 g/mol. The molecule has 0 radical (unpaired) electrons. The van der Waals surface area contributed by atoms with Crippen molar-refractivity contribution in [1.29, 1.82) is 0 Å². The molecule has 0 heterocycles. The summed E-state index contributed by atoms with van der Waals surface area (Å²) in [6, 6.07) is -0.798. The summed E-state index contributed by atoms with van der Waals surface area (Å²) in [6.45, 7) is 5.17. The van der Waals surface area contributed by atoms with Gasteiger partial charge in [0, 0.05) is 17.4 Å². The molecule has 1 saturated carbocycles. The maximum atomic E-state index is 12.1. The van der Waals surface area contributed by atoms with E-state index in [0.717, 1.165) is 0 Å². The molecule has 0 aliphatic heterocycles. The van der Waals surface area contributed by atoms with Crippen molar-refractivity contribution in [1.82, 2.24) is 4.72 Å². The van der Waals surface area contributed by atoms with Crippen LogP contribution >= 0.6 is 0 Å². The number of Topliss-reactive ketones (excluding diaryl/α,β-unsaturated/α-hetero) is 1. The van der Waals surface area contributed by atoms with Gasteiger partial charge in [0.05, 0.1) is 0 Å². The number of carbonyl (C=O) groups is 1. The van der Waals surface area contributed by atoms with E-state index < -0.39 is 27.0 Å². The van der Waals surface area contributed by atoms with Gasteiger partial charge in [-0.2, -0.15) is 13.2 Å². The number of sulfonamides is 1. The van der Waals surface area contributed by atoms with Gasteiger partial charge in [0.15, 0.2) is 0 Å². The van der Waals surface area contributed by atoms with Gasteiger partial charge >= 0.3 is 15.5 Å². The molecule has 0 spiro atoms. The quantitative estimate of drug-likeness (QED) is 0.861. The molecule has 106 valence electrons. The number of nitrogens with one attached hydrogen (secondary N) is 1. The van der Waals surface area contributed by atoms with E-state index in [-0.39, 0.29) is 24.5 Å². The minimum absolute atomic E-state index is 0.0510. The van der Waals surface area contributed by atoms with Crippen LogP contribution in [-0.4, -0.2) is 25.8 Å². The molecule has 18 heavy (non-hydrogen) atoms. The van der Waals surface area contributed by atoms with Crippen LogP contribution in [0.5, 0.6) is 0 Å². The third-order valence-electron chi connectivity index (χ3n) is 2.87. The van der Waals surface area contributed by atoms with Crippen LogP contribution in [0.2, 0.25) is 0 Å². The molecule has 1 rings (SSSR count). The van der Waals surface area contributed by atoms with E-state index in [2.05, 4.69) is 0 Å². The monoisotopic (exact) mass is 287 g/mol. The van der Waals surface area contributed by atoms with Crippen LogP contribution in [0.4, 0.5) is 13.2 Å². The third-order valence-corrected chi connectivity index (χ3v) is 4.13. The summed E-state index contributed by atoms with van der Waals surface area (Å²) in [7, 11) is -5.30. The Kier molecular flexibility index (Phi) is 3.84. The summed E-state index contributed by atoms with van der Waals surface area (Å²) in [5.74, 6) is -0.407. The summed E-state index contributed by atoms with van der Waals surface area (Å²) in [6.07, 6.45) is 0.261. The molecule has 0 bridgehead atoms. The lowest BCUT2D eigenvalue weighted by atomic mass is 9.71. The largest absolute Gasteiger partial charge is 0.511 e. The molecule has 0 aromatic rings. The highest BCUT2D eigenvalue weighted by molar-refractivity contribution is 7.90. The number of halogens is 3. The second-order valence-electron chi connectivity index (χ2n) is 5.55. The zero-order chi connectivity index (χ0) is 14.4. The molecule has 0 amide bonds. The lowest BCUT2D eigenvalue weighted by Gasteiger charge is -2.37. The van der Waals surface area contributed by atoms with Gasteiger partial charge < -0.3 is 0 Å². The molecule has 1 aliphatic rings. The summed E-state index contributed by atoms with van der Waals surface area (Å²) < 4.78 is 59.4. The van der Waals surface area contributed by atoms with Crippen LogP contribution in [0.3, 0.4) is 0 Å². The van der Waals surface area contributed by atoms with Crippen molar-refractivity contribution in [2.75, 3.05) is 0 Å². The van der Waals surface area contributed by atoms with Crippen LogP contribution in [0.25, 0.3) is 0 Å². The Morgan fingerprint density at radius 2 is 1.61 bits per heavy atom. The Balaban J connectivity index is 2.53. The number of carbonyl (C=O) groups excluding carboxylic acids is 1. The van der Waals surface area contributed by atoms with E-state index in [9.17, 15) is 26.4 Å². The average Bonchev–Trinajstić information content (AvgIpc) is 2.05. The van der Waals surface area contributed by atoms with Gasteiger partial charge in [-0.1, -0.05) is 20.8 Å². The van der Waals surface area contributed by atoms with E-state index in [1.165, 1.54) is 0 Å². The highest BCUT2D eigenvalue weighted by atomic mass is 32.2. The van der Waals surface area contributed by atoms with Crippen LogP contribution in [0, 0.1) is 11.3 Å². The van der Waals surface area contributed by atoms with Gasteiger partial charge in [-0.25, -0.2) is 13.1 Å². The first-order valence-electron chi connectivity index (χ1n) is 5.47.